The molecule has 0 saturated carbocycles. The fraction of sp³-hybridized carbons (Fsp3) is 0.667. The van der Waals surface area contributed by atoms with E-state index in [-0.39, 0.29) is 34.8 Å². The molecule has 1 N–H and O–H groups in total. The number of para-hydroxylation sites is 1. The molecule has 0 spiro atoms. The first-order chi connectivity index (χ1) is 16.1. The molecule has 1 aromatic rings. The molecule has 8 heteroatoms. The van der Waals surface area contributed by atoms with Crippen LogP contribution >= 0.6 is 0 Å². The van der Waals surface area contributed by atoms with E-state index in [1.165, 1.54) is 4.90 Å². The van der Waals surface area contributed by atoms with Gasteiger partial charge in [-0.2, -0.15) is 0 Å². The van der Waals surface area contributed by atoms with Crippen molar-refractivity contribution < 1.29 is 23.5 Å². The van der Waals surface area contributed by atoms with Crippen LogP contribution in [0.2, 0.25) is 18.1 Å². The number of carbonyl (C=O) groups excluding carboxylic acids is 3. The summed E-state index contributed by atoms with van der Waals surface area (Å²) in [6, 6.07) is 6.63. The molecule has 3 amide bonds. The number of β-lactam (4-membered cyclic amide) rings is 1. The summed E-state index contributed by atoms with van der Waals surface area (Å²) in [5.41, 5.74) is -0.717. The lowest BCUT2D eigenvalue weighted by Gasteiger charge is -2.51. The lowest BCUT2D eigenvalue weighted by atomic mass is 9.77. The summed E-state index contributed by atoms with van der Waals surface area (Å²) in [5, 5.41) is 2.92. The van der Waals surface area contributed by atoms with Gasteiger partial charge in [-0.05, 0) is 37.2 Å². The Hall–Kier alpha value is -2.19. The molecule has 7 nitrogen and oxygen atoms in total. The zero-order chi connectivity index (χ0) is 26.5. The van der Waals surface area contributed by atoms with Crippen LogP contribution in [0.25, 0.3) is 0 Å². The maximum atomic E-state index is 14.0. The minimum Gasteiger partial charge on any atom is -0.466 e. The highest BCUT2D eigenvalue weighted by atomic mass is 28.4. The second kappa shape index (κ2) is 9.35. The number of nitrogens with zero attached hydrogens (tertiary/aromatic N) is 1. The van der Waals surface area contributed by atoms with Gasteiger partial charge in [0.2, 0.25) is 11.8 Å². The zero-order valence-electron chi connectivity index (χ0n) is 22.9. The van der Waals surface area contributed by atoms with Crippen molar-refractivity contribution in [2.24, 2.45) is 17.8 Å². The number of hydrogen-bond acceptors (Lipinski definition) is 5. The van der Waals surface area contributed by atoms with Crippen LogP contribution in [-0.4, -0.2) is 48.8 Å². The third-order valence-corrected chi connectivity index (χ3v) is 12.9. The topological polar surface area (TPSA) is 84.9 Å². The Balaban J connectivity index is 1.91. The molecule has 5 atom stereocenters. The number of ether oxygens (including phenoxy) is 1. The molecule has 35 heavy (non-hydrogen) atoms. The highest BCUT2D eigenvalue weighted by molar-refractivity contribution is 6.74. The Morgan fingerprint density at radius 1 is 1.17 bits per heavy atom. The molecule has 2 heterocycles. The number of fused-ring (bicyclic) bond motifs is 1. The second-order valence-electron chi connectivity index (χ2n) is 11.9. The van der Waals surface area contributed by atoms with Crippen LogP contribution in [0.3, 0.4) is 0 Å². The number of benzene rings is 1. The highest BCUT2D eigenvalue weighted by Gasteiger charge is 2.56. The first kappa shape index (κ1) is 27.4. The number of carbonyl (C=O) groups is 3. The van der Waals surface area contributed by atoms with Crippen LogP contribution in [0.15, 0.2) is 24.3 Å². The normalized spacial score (nSPS) is 26.4. The van der Waals surface area contributed by atoms with Gasteiger partial charge in [0, 0.05) is 12.3 Å². The number of imide groups is 1. The molecule has 0 aliphatic carbocycles. The second-order valence-corrected chi connectivity index (χ2v) is 16.6. The third kappa shape index (κ3) is 4.55. The summed E-state index contributed by atoms with van der Waals surface area (Å²) in [6.45, 7) is 20.3. The quantitative estimate of drug-likeness (QED) is 0.420. The molecule has 0 bridgehead atoms. The van der Waals surface area contributed by atoms with Crippen molar-refractivity contribution in [3.05, 3.63) is 29.8 Å². The fourth-order valence-electron chi connectivity index (χ4n) is 4.99. The Kier molecular flexibility index (Phi) is 7.32. The largest absolute Gasteiger partial charge is 0.466 e. The van der Waals surface area contributed by atoms with Gasteiger partial charge in [0.15, 0.2) is 14.0 Å². The van der Waals surface area contributed by atoms with Crippen molar-refractivity contribution in [1.29, 1.82) is 0 Å². The standard InChI is InChI=1S/C27H42N2O5Si/c1-11-27(16(2)3)29(25(32)19-14-12-13-15-20(19)33-27)24(31)17(4)22-21(23(30)28-22)18(5)34-35(9,10)26(6,7)8/h12-18,21-22H,11H2,1-10H3,(H,28,30)/t17-,18-,21-,22-,27?/m1/s1. The van der Waals surface area contributed by atoms with Crippen molar-refractivity contribution in [2.75, 3.05) is 0 Å². The summed E-state index contributed by atoms with van der Waals surface area (Å²) in [4.78, 5) is 41.6. The van der Waals surface area contributed by atoms with E-state index in [9.17, 15) is 14.4 Å². The average molecular weight is 503 g/mol. The van der Waals surface area contributed by atoms with Crippen LogP contribution < -0.4 is 10.1 Å². The monoisotopic (exact) mass is 502 g/mol. The highest BCUT2D eigenvalue weighted by Crippen LogP contribution is 2.43. The van der Waals surface area contributed by atoms with Crippen LogP contribution in [0.4, 0.5) is 0 Å². The van der Waals surface area contributed by atoms with E-state index < -0.39 is 31.9 Å². The van der Waals surface area contributed by atoms with Gasteiger partial charge in [-0.3, -0.25) is 14.4 Å². The van der Waals surface area contributed by atoms with Crippen LogP contribution in [0.1, 0.15) is 72.2 Å². The van der Waals surface area contributed by atoms with E-state index in [2.05, 4.69) is 39.2 Å². The summed E-state index contributed by atoms with van der Waals surface area (Å²) < 4.78 is 12.9. The van der Waals surface area contributed by atoms with E-state index in [1.807, 2.05) is 33.8 Å². The maximum Gasteiger partial charge on any atom is 0.267 e. The van der Waals surface area contributed by atoms with Gasteiger partial charge in [-0.25, -0.2) is 4.90 Å². The predicted octanol–water partition coefficient (Wildman–Crippen LogP) is 4.97. The third-order valence-electron chi connectivity index (χ3n) is 8.33. The van der Waals surface area contributed by atoms with E-state index in [0.717, 1.165) is 0 Å². The van der Waals surface area contributed by atoms with E-state index in [0.29, 0.717) is 17.7 Å². The molecule has 2 aliphatic heterocycles. The average Bonchev–Trinajstić information content (AvgIpc) is 2.74. The summed E-state index contributed by atoms with van der Waals surface area (Å²) in [6.07, 6.45) is 0.120. The van der Waals surface area contributed by atoms with Gasteiger partial charge < -0.3 is 14.5 Å². The Morgan fingerprint density at radius 3 is 2.29 bits per heavy atom. The summed E-state index contributed by atoms with van der Waals surface area (Å²) in [7, 11) is -2.11. The van der Waals surface area contributed by atoms with Crippen molar-refractivity contribution >= 4 is 26.0 Å². The maximum absolute atomic E-state index is 14.0. The number of hydrogen-bond donors (Lipinski definition) is 1. The molecular weight excluding hydrogens is 460 g/mol. The smallest absolute Gasteiger partial charge is 0.267 e. The van der Waals surface area contributed by atoms with Gasteiger partial charge in [-0.15, -0.1) is 0 Å². The summed E-state index contributed by atoms with van der Waals surface area (Å²) >= 11 is 0. The van der Waals surface area contributed by atoms with Crippen LogP contribution in [0.5, 0.6) is 5.75 Å². The zero-order valence-corrected chi connectivity index (χ0v) is 23.9. The lowest BCUT2D eigenvalue weighted by molar-refractivity contribution is -0.165. The first-order valence-corrected chi connectivity index (χ1v) is 15.6. The molecule has 2 aliphatic rings. The van der Waals surface area contributed by atoms with Crippen LogP contribution in [0, 0.1) is 17.8 Å². The van der Waals surface area contributed by atoms with Gasteiger partial charge >= 0.3 is 0 Å². The van der Waals surface area contributed by atoms with Crippen molar-refractivity contribution in [3.63, 3.8) is 0 Å². The molecule has 1 saturated heterocycles. The van der Waals surface area contributed by atoms with E-state index in [1.54, 1.807) is 25.1 Å². The van der Waals surface area contributed by atoms with Gasteiger partial charge in [-0.1, -0.05) is 60.6 Å². The number of amides is 3. The number of rotatable bonds is 7. The minimum absolute atomic E-state index is 0.00135. The van der Waals surface area contributed by atoms with Crippen molar-refractivity contribution in [2.45, 2.75) is 97.8 Å². The summed E-state index contributed by atoms with van der Waals surface area (Å²) in [5.74, 6) is -1.51. The van der Waals surface area contributed by atoms with Gasteiger partial charge in [0.05, 0.1) is 29.5 Å². The first-order valence-electron chi connectivity index (χ1n) is 12.7. The molecule has 194 valence electrons. The molecule has 1 unspecified atom stereocenters. The van der Waals surface area contributed by atoms with Crippen molar-refractivity contribution in [3.8, 4) is 5.75 Å². The van der Waals surface area contributed by atoms with E-state index >= 15 is 0 Å². The lowest BCUT2D eigenvalue weighted by Crippen LogP contribution is -2.70. The van der Waals surface area contributed by atoms with Crippen molar-refractivity contribution in [1.82, 2.24) is 10.2 Å². The SMILES string of the molecule is CCC1(C(C)C)Oc2ccccc2C(=O)N1C(=O)[C@H](C)[C@H]1NC(=O)[C@@H]1[C@@H](C)O[Si](C)(C)C(C)(C)C. The van der Waals surface area contributed by atoms with E-state index in [4.69, 9.17) is 9.16 Å². The molecule has 1 aromatic carbocycles. The number of nitrogens with one attached hydrogen (secondary N) is 1. The van der Waals surface area contributed by atoms with Gasteiger partial charge in [0.1, 0.15) is 5.75 Å². The minimum atomic E-state index is -2.11. The van der Waals surface area contributed by atoms with Crippen LogP contribution in [-0.2, 0) is 14.0 Å². The predicted molar refractivity (Wildman–Crippen MR) is 138 cm³/mol. The Bertz CT molecular complexity index is 1000. The molecule has 0 radical (unpaired) electrons. The Labute approximate surface area is 211 Å². The fourth-order valence-corrected chi connectivity index (χ4v) is 6.42. The Morgan fingerprint density at radius 2 is 1.77 bits per heavy atom. The molecule has 3 rings (SSSR count). The molecule has 0 aromatic heterocycles. The molecule has 1 fully saturated rings. The molecular formula is C27H42N2O5Si. The van der Waals surface area contributed by atoms with Gasteiger partial charge in [0.25, 0.3) is 5.91 Å².